The first-order valence-electron chi connectivity index (χ1n) is 8.32. The molecule has 0 saturated carbocycles. The Hall–Kier alpha value is -3.85. The van der Waals surface area contributed by atoms with Crippen molar-refractivity contribution in [3.8, 4) is 17.0 Å². The molecule has 0 unspecified atom stereocenters. The number of amides is 1. The van der Waals surface area contributed by atoms with Crippen LogP contribution in [0.3, 0.4) is 0 Å². The molecule has 0 atom stereocenters. The van der Waals surface area contributed by atoms with Crippen molar-refractivity contribution in [3.05, 3.63) is 80.7 Å². The van der Waals surface area contributed by atoms with E-state index in [2.05, 4.69) is 15.5 Å². The van der Waals surface area contributed by atoms with Crippen molar-refractivity contribution >= 4 is 34.4 Å². The van der Waals surface area contributed by atoms with Crippen molar-refractivity contribution < 1.29 is 18.7 Å². The monoisotopic (exact) mass is 409 g/mol. The Morgan fingerprint density at radius 3 is 2.90 bits per heavy atom. The number of nitrogens with zero attached hydrogens (tertiary/aromatic N) is 2. The van der Waals surface area contributed by atoms with Crippen LogP contribution in [-0.2, 0) is 0 Å². The second-order valence-corrected chi connectivity index (χ2v) is 6.79. The maximum atomic E-state index is 13.3. The van der Waals surface area contributed by atoms with E-state index in [0.717, 1.165) is 22.8 Å². The molecule has 1 amide bonds. The number of para-hydroxylation sites is 1. The highest BCUT2D eigenvalue weighted by Gasteiger charge is 2.15. The summed E-state index contributed by atoms with van der Waals surface area (Å²) < 4.78 is 18.6. The predicted octanol–water partition coefficient (Wildman–Crippen LogP) is 3.53. The standard InChI is InChI=1S/C20H12FN3O4S/c21-14-7-11(5-6-16(14)25)9-22-24-18(26)19-23-15(10-29-19)13-8-12-3-1-2-4-17(12)28-20(13)27/h1-10,25H,(H,24,26)/b22-9+. The number of carbonyl (C=O) groups excluding carboxylic acids is 1. The Morgan fingerprint density at radius 2 is 2.07 bits per heavy atom. The van der Waals surface area contributed by atoms with Crippen LogP contribution in [0.5, 0.6) is 5.75 Å². The summed E-state index contributed by atoms with van der Waals surface area (Å²) in [5, 5.41) is 15.3. The molecular weight excluding hydrogens is 397 g/mol. The topological polar surface area (TPSA) is 105 Å². The summed E-state index contributed by atoms with van der Waals surface area (Å²) in [6.45, 7) is 0. The van der Waals surface area contributed by atoms with Gasteiger partial charge < -0.3 is 9.52 Å². The third-order valence-electron chi connectivity index (χ3n) is 3.97. The van der Waals surface area contributed by atoms with Gasteiger partial charge in [0, 0.05) is 10.8 Å². The van der Waals surface area contributed by atoms with Crippen LogP contribution in [0, 0.1) is 5.82 Å². The fourth-order valence-corrected chi connectivity index (χ4v) is 3.27. The SMILES string of the molecule is O=C(N/N=C/c1ccc(O)c(F)c1)c1nc(-c2cc3ccccc3oc2=O)cs1. The lowest BCUT2D eigenvalue weighted by atomic mass is 10.1. The molecule has 0 aliphatic carbocycles. The Balaban J connectivity index is 1.52. The third kappa shape index (κ3) is 3.90. The fraction of sp³-hybridized carbons (Fsp3) is 0. The molecule has 144 valence electrons. The van der Waals surface area contributed by atoms with Gasteiger partial charge in [-0.15, -0.1) is 11.3 Å². The van der Waals surface area contributed by atoms with Gasteiger partial charge in [0.2, 0.25) is 0 Å². The van der Waals surface area contributed by atoms with E-state index in [0.29, 0.717) is 16.8 Å². The lowest BCUT2D eigenvalue weighted by Crippen LogP contribution is -2.17. The number of nitrogens with one attached hydrogen (secondary N) is 1. The molecule has 7 nitrogen and oxygen atoms in total. The predicted molar refractivity (Wildman–Crippen MR) is 107 cm³/mol. The van der Waals surface area contributed by atoms with Crippen LogP contribution in [-0.4, -0.2) is 22.2 Å². The summed E-state index contributed by atoms with van der Waals surface area (Å²) in [5.74, 6) is -1.85. The molecule has 29 heavy (non-hydrogen) atoms. The van der Waals surface area contributed by atoms with E-state index in [1.165, 1.54) is 18.3 Å². The first kappa shape index (κ1) is 18.5. The number of hydrogen-bond donors (Lipinski definition) is 2. The molecule has 0 radical (unpaired) electrons. The van der Waals surface area contributed by atoms with Crippen LogP contribution in [0.4, 0.5) is 4.39 Å². The maximum absolute atomic E-state index is 13.3. The molecule has 0 aliphatic rings. The normalized spacial score (nSPS) is 11.2. The first-order valence-corrected chi connectivity index (χ1v) is 9.20. The summed E-state index contributed by atoms with van der Waals surface area (Å²) in [6.07, 6.45) is 1.23. The van der Waals surface area contributed by atoms with Crippen molar-refractivity contribution in [1.82, 2.24) is 10.4 Å². The molecular formula is C20H12FN3O4S. The van der Waals surface area contributed by atoms with Gasteiger partial charge in [-0.1, -0.05) is 18.2 Å². The fourth-order valence-electron chi connectivity index (χ4n) is 2.56. The molecule has 0 fully saturated rings. The first-order chi connectivity index (χ1) is 14.0. The minimum Gasteiger partial charge on any atom is -0.505 e. The smallest absolute Gasteiger partial charge is 0.345 e. The largest absolute Gasteiger partial charge is 0.505 e. The van der Waals surface area contributed by atoms with E-state index in [4.69, 9.17) is 9.52 Å². The van der Waals surface area contributed by atoms with Crippen LogP contribution >= 0.6 is 11.3 Å². The van der Waals surface area contributed by atoms with Gasteiger partial charge in [0.25, 0.3) is 5.91 Å². The number of aromatic hydroxyl groups is 1. The van der Waals surface area contributed by atoms with Gasteiger partial charge in [-0.25, -0.2) is 19.6 Å². The van der Waals surface area contributed by atoms with Crippen LogP contribution in [0.2, 0.25) is 0 Å². The number of hydrogen-bond acceptors (Lipinski definition) is 7. The number of aromatic nitrogens is 1. The van der Waals surface area contributed by atoms with Gasteiger partial charge >= 0.3 is 5.63 Å². The highest BCUT2D eigenvalue weighted by molar-refractivity contribution is 7.12. The molecule has 2 aromatic heterocycles. The molecule has 4 rings (SSSR count). The Morgan fingerprint density at radius 1 is 1.24 bits per heavy atom. The minimum absolute atomic E-state index is 0.0987. The van der Waals surface area contributed by atoms with Crippen molar-refractivity contribution in [2.75, 3.05) is 0 Å². The van der Waals surface area contributed by atoms with Crippen LogP contribution < -0.4 is 11.1 Å². The second kappa shape index (κ2) is 7.64. The Kier molecular flexibility index (Phi) is 4.88. The van der Waals surface area contributed by atoms with E-state index >= 15 is 0 Å². The van der Waals surface area contributed by atoms with E-state index in [1.807, 2.05) is 12.1 Å². The number of benzene rings is 2. The number of thiazole rings is 1. The lowest BCUT2D eigenvalue weighted by Gasteiger charge is -1.99. The molecule has 2 N–H and O–H groups in total. The Labute approximate surface area is 166 Å². The average Bonchev–Trinajstić information content (AvgIpc) is 3.20. The summed E-state index contributed by atoms with van der Waals surface area (Å²) in [7, 11) is 0. The zero-order valence-corrected chi connectivity index (χ0v) is 15.4. The van der Waals surface area contributed by atoms with Crippen molar-refractivity contribution in [1.29, 1.82) is 0 Å². The summed E-state index contributed by atoms with van der Waals surface area (Å²) in [5.41, 5.74) is 3.13. The summed E-state index contributed by atoms with van der Waals surface area (Å²) in [6, 6.07) is 12.4. The van der Waals surface area contributed by atoms with E-state index in [9.17, 15) is 14.0 Å². The zero-order chi connectivity index (χ0) is 20.4. The number of phenols is 1. The van der Waals surface area contributed by atoms with Crippen molar-refractivity contribution in [2.45, 2.75) is 0 Å². The van der Waals surface area contributed by atoms with Crippen molar-refractivity contribution in [2.24, 2.45) is 5.10 Å². The molecule has 2 aromatic carbocycles. The Bertz CT molecular complexity index is 1310. The average molecular weight is 409 g/mol. The van der Waals surface area contributed by atoms with Crippen LogP contribution in [0.15, 0.2) is 68.2 Å². The van der Waals surface area contributed by atoms with Gasteiger partial charge in [-0.05, 0) is 35.9 Å². The van der Waals surface area contributed by atoms with E-state index in [1.54, 1.807) is 23.6 Å². The van der Waals surface area contributed by atoms with E-state index in [-0.39, 0.29) is 10.6 Å². The molecule has 0 bridgehead atoms. The number of fused-ring (bicyclic) bond motifs is 1. The quantitative estimate of drug-likeness (QED) is 0.305. The molecule has 0 aliphatic heterocycles. The number of halogens is 1. The number of phenolic OH excluding ortho intramolecular Hbond substituents is 1. The minimum atomic E-state index is -0.793. The van der Waals surface area contributed by atoms with Gasteiger partial charge in [0.15, 0.2) is 16.6 Å². The second-order valence-electron chi connectivity index (χ2n) is 5.93. The van der Waals surface area contributed by atoms with Gasteiger partial charge in [0.1, 0.15) is 5.58 Å². The number of carbonyl (C=O) groups is 1. The van der Waals surface area contributed by atoms with Crippen LogP contribution in [0.1, 0.15) is 15.4 Å². The molecule has 0 saturated heterocycles. The summed E-state index contributed by atoms with van der Waals surface area (Å²) >= 11 is 1.05. The number of hydrazone groups is 1. The van der Waals surface area contributed by atoms with Crippen LogP contribution in [0.25, 0.3) is 22.2 Å². The van der Waals surface area contributed by atoms with Gasteiger partial charge in [-0.3, -0.25) is 4.79 Å². The molecule has 0 spiro atoms. The van der Waals surface area contributed by atoms with Gasteiger partial charge in [0.05, 0.1) is 17.5 Å². The molecule has 2 heterocycles. The highest BCUT2D eigenvalue weighted by Crippen LogP contribution is 2.23. The van der Waals surface area contributed by atoms with E-state index < -0.39 is 23.1 Å². The van der Waals surface area contributed by atoms with Gasteiger partial charge in [-0.2, -0.15) is 5.10 Å². The zero-order valence-electron chi connectivity index (χ0n) is 14.6. The maximum Gasteiger partial charge on any atom is 0.345 e. The highest BCUT2D eigenvalue weighted by atomic mass is 32.1. The number of rotatable bonds is 4. The van der Waals surface area contributed by atoms with Crippen molar-refractivity contribution in [3.63, 3.8) is 0 Å². The third-order valence-corrected chi connectivity index (χ3v) is 4.81. The molecule has 4 aromatic rings. The molecule has 9 heteroatoms. The summed E-state index contributed by atoms with van der Waals surface area (Å²) in [4.78, 5) is 28.6. The lowest BCUT2D eigenvalue weighted by molar-refractivity contribution is 0.0955.